The van der Waals surface area contributed by atoms with Crippen molar-refractivity contribution in [3.63, 3.8) is 0 Å². The molecule has 0 saturated carbocycles. The van der Waals surface area contributed by atoms with Gasteiger partial charge < -0.3 is 28.3 Å². The lowest BCUT2D eigenvalue weighted by atomic mass is 10.1. The number of unbranched alkanes of at least 4 members (excludes halogenated alkanes) is 6. The summed E-state index contributed by atoms with van der Waals surface area (Å²) in [4.78, 5) is 21.0. The number of aliphatic carboxylic acids is 1. The first-order valence-corrected chi connectivity index (χ1v) is 12.7. The molecule has 0 heterocycles. The van der Waals surface area contributed by atoms with Crippen LogP contribution in [0.25, 0.3) is 0 Å². The van der Waals surface area contributed by atoms with Crippen LogP contribution in [0.5, 0.6) is 0 Å². The predicted molar refractivity (Wildman–Crippen MR) is 122 cm³/mol. The molecule has 2 N–H and O–H groups in total. The highest BCUT2D eigenvalue weighted by Crippen LogP contribution is 2.36. The molecule has 0 bridgehead atoms. The largest absolute Gasteiger partial charge is 0.481 e. The van der Waals surface area contributed by atoms with Crippen molar-refractivity contribution >= 4 is 14.6 Å². The summed E-state index contributed by atoms with van der Waals surface area (Å²) in [6.07, 6.45) is 11.1. The number of carboxylic acids is 1. The quantitative estimate of drug-likeness (QED) is 0.143. The van der Waals surface area contributed by atoms with Crippen LogP contribution in [-0.4, -0.2) is 73.6 Å². The molecule has 0 aromatic rings. The maximum absolute atomic E-state index is 11.0. The summed E-state index contributed by atoms with van der Waals surface area (Å²) in [6, 6.07) is 0. The van der Waals surface area contributed by atoms with E-state index < -0.39 is 20.7 Å². The first-order valence-electron chi connectivity index (χ1n) is 11.6. The zero-order chi connectivity index (χ0) is 22.8. The molecule has 0 aromatic carbocycles. The molecule has 0 aromatic heterocycles. The number of carbonyl (C=O) groups is 1. The summed E-state index contributed by atoms with van der Waals surface area (Å²) < 4.78 is 17.4. The smallest absolute Gasteiger partial charge is 0.330 e. The van der Waals surface area contributed by atoms with Crippen LogP contribution in [0.3, 0.4) is 0 Å². The van der Waals surface area contributed by atoms with E-state index in [-0.39, 0.29) is 6.42 Å². The number of hydrogen-bond donors (Lipinski definition) is 2. The summed E-state index contributed by atoms with van der Waals surface area (Å²) in [5.74, 6) is -0.941. The van der Waals surface area contributed by atoms with Crippen molar-refractivity contribution in [3.05, 3.63) is 0 Å². The van der Waals surface area contributed by atoms with Crippen LogP contribution in [0, 0.1) is 0 Å². The van der Waals surface area contributed by atoms with Crippen LogP contribution in [0.15, 0.2) is 0 Å². The Kier molecular flexibility index (Phi) is 18.1. The fraction of sp³-hybridized carbons (Fsp3) is 0.955. The van der Waals surface area contributed by atoms with Crippen molar-refractivity contribution in [2.75, 3.05) is 40.9 Å². The maximum Gasteiger partial charge on any atom is 0.330 e. The van der Waals surface area contributed by atoms with Gasteiger partial charge in [-0.2, -0.15) is 0 Å². The Bertz CT molecular complexity index is 419. The number of rotatable bonds is 21. The zero-order valence-electron chi connectivity index (χ0n) is 20.0. The Hall–Kier alpha value is -0.300. The van der Waals surface area contributed by atoms with Crippen molar-refractivity contribution in [3.8, 4) is 0 Å². The third kappa shape index (κ3) is 19.7. The summed E-state index contributed by atoms with van der Waals surface area (Å²) in [5, 5.41) is 9.01. The molecule has 0 saturated heterocycles. The van der Waals surface area contributed by atoms with Gasteiger partial charge in [0.2, 0.25) is 0 Å². The highest BCUT2D eigenvalue weighted by atomic mass is 31.2. The molecule has 0 rings (SSSR count). The van der Waals surface area contributed by atoms with Crippen LogP contribution in [0.2, 0.25) is 0 Å². The molecule has 30 heavy (non-hydrogen) atoms. The second-order valence-corrected chi connectivity index (χ2v) is 9.98. The van der Waals surface area contributed by atoms with E-state index in [4.69, 9.17) is 18.9 Å². The summed E-state index contributed by atoms with van der Waals surface area (Å²) in [6.45, 7) is 6.08. The fourth-order valence-electron chi connectivity index (χ4n) is 3.25. The Balaban J connectivity index is 3.83. The van der Waals surface area contributed by atoms with Gasteiger partial charge in [-0.05, 0) is 32.1 Å². The molecule has 0 aliphatic carbocycles. The SMILES string of the molecule is CCCCCCCC(CC)OCCCCCOP(O)OC(CC(=O)O)C[N+](C)(C)C. The lowest BCUT2D eigenvalue weighted by Gasteiger charge is -2.29. The van der Waals surface area contributed by atoms with Gasteiger partial charge >= 0.3 is 14.6 Å². The summed E-state index contributed by atoms with van der Waals surface area (Å²) in [7, 11) is 3.81. The summed E-state index contributed by atoms with van der Waals surface area (Å²) in [5.41, 5.74) is 0. The van der Waals surface area contributed by atoms with Crippen molar-refractivity contribution in [2.24, 2.45) is 0 Å². The van der Waals surface area contributed by atoms with Crippen molar-refractivity contribution in [2.45, 2.75) is 96.7 Å². The third-order valence-electron chi connectivity index (χ3n) is 4.82. The summed E-state index contributed by atoms with van der Waals surface area (Å²) >= 11 is 0. The normalized spacial score (nSPS) is 15.1. The lowest BCUT2D eigenvalue weighted by Crippen LogP contribution is -2.42. The topological polar surface area (TPSA) is 85.2 Å². The molecule has 0 aliphatic heterocycles. The number of likely N-dealkylation sites (N-methyl/N-ethyl adjacent to an activating group) is 1. The average Bonchev–Trinajstić information content (AvgIpc) is 2.63. The van der Waals surface area contributed by atoms with Crippen LogP contribution in [0.1, 0.15) is 84.5 Å². The van der Waals surface area contributed by atoms with E-state index in [1.165, 1.54) is 32.1 Å². The maximum atomic E-state index is 11.0. The lowest BCUT2D eigenvalue weighted by molar-refractivity contribution is -0.873. The highest BCUT2D eigenvalue weighted by molar-refractivity contribution is 7.40. The van der Waals surface area contributed by atoms with E-state index in [0.717, 1.165) is 38.7 Å². The molecule has 3 unspecified atom stereocenters. The second-order valence-electron chi connectivity index (χ2n) is 9.03. The molecular weight excluding hydrogens is 405 g/mol. The molecule has 0 aliphatic rings. The van der Waals surface area contributed by atoms with Crippen LogP contribution >= 0.6 is 8.60 Å². The van der Waals surface area contributed by atoms with E-state index in [0.29, 0.717) is 23.7 Å². The minimum Gasteiger partial charge on any atom is -0.481 e. The van der Waals surface area contributed by atoms with E-state index in [9.17, 15) is 9.69 Å². The molecule has 0 spiro atoms. The minimum absolute atomic E-state index is 0.146. The Morgan fingerprint density at radius 2 is 1.57 bits per heavy atom. The van der Waals surface area contributed by atoms with E-state index >= 15 is 0 Å². The molecule has 180 valence electrons. The van der Waals surface area contributed by atoms with Crippen LogP contribution in [0.4, 0.5) is 0 Å². The van der Waals surface area contributed by atoms with Gasteiger partial charge in [0.25, 0.3) is 0 Å². The zero-order valence-corrected chi connectivity index (χ0v) is 20.9. The number of nitrogens with zero attached hydrogens (tertiary/aromatic N) is 1. The molecule has 3 atom stereocenters. The Morgan fingerprint density at radius 3 is 2.17 bits per heavy atom. The Morgan fingerprint density at radius 1 is 0.933 bits per heavy atom. The van der Waals surface area contributed by atoms with Gasteiger partial charge in [0.15, 0.2) is 0 Å². The standard InChI is InChI=1S/C22H46NO6P/c1-6-8-9-10-12-15-20(7-2)27-16-13-11-14-17-28-30(26)29-21(18-22(24)25)19-23(3,4)5/h20-21,26H,6-19H2,1-5H3/p+1. The Labute approximate surface area is 185 Å². The molecular formula is C22H47NO6P+. The van der Waals surface area contributed by atoms with E-state index in [1.807, 2.05) is 21.1 Å². The van der Waals surface area contributed by atoms with E-state index in [1.54, 1.807) is 0 Å². The highest BCUT2D eigenvalue weighted by Gasteiger charge is 2.25. The molecule has 0 amide bonds. The average molecular weight is 453 g/mol. The van der Waals surface area contributed by atoms with Gasteiger partial charge in [0.05, 0.1) is 40.3 Å². The van der Waals surface area contributed by atoms with Crippen molar-refractivity contribution in [1.29, 1.82) is 0 Å². The van der Waals surface area contributed by atoms with Crippen molar-refractivity contribution < 1.29 is 33.1 Å². The molecule has 0 radical (unpaired) electrons. The number of hydrogen-bond acceptors (Lipinski definition) is 5. The molecule has 7 nitrogen and oxygen atoms in total. The monoisotopic (exact) mass is 452 g/mol. The van der Waals surface area contributed by atoms with Gasteiger partial charge in [-0.3, -0.25) is 4.79 Å². The molecule has 0 fully saturated rings. The predicted octanol–water partition coefficient (Wildman–Crippen LogP) is 5.11. The van der Waals surface area contributed by atoms with Crippen LogP contribution < -0.4 is 0 Å². The third-order valence-corrected chi connectivity index (χ3v) is 5.70. The van der Waals surface area contributed by atoms with Gasteiger partial charge in [-0.25, -0.2) is 0 Å². The first-order chi connectivity index (χ1) is 14.2. The van der Waals surface area contributed by atoms with Crippen LogP contribution in [-0.2, 0) is 18.6 Å². The number of carboxylic acid groups (broad SMARTS) is 1. The second kappa shape index (κ2) is 18.3. The van der Waals surface area contributed by atoms with Gasteiger partial charge in [-0.1, -0.05) is 46.0 Å². The number of ether oxygens (including phenoxy) is 1. The first kappa shape index (κ1) is 29.7. The van der Waals surface area contributed by atoms with Crippen molar-refractivity contribution in [1.82, 2.24) is 0 Å². The van der Waals surface area contributed by atoms with Gasteiger partial charge in [0, 0.05) is 6.61 Å². The van der Waals surface area contributed by atoms with Gasteiger partial charge in [-0.15, -0.1) is 0 Å². The number of quaternary nitrogens is 1. The molecule has 8 heteroatoms. The van der Waals surface area contributed by atoms with E-state index in [2.05, 4.69) is 13.8 Å². The minimum atomic E-state index is -2.06. The van der Waals surface area contributed by atoms with Gasteiger partial charge in [0.1, 0.15) is 12.6 Å². The fourth-order valence-corrected chi connectivity index (χ4v) is 4.00.